The number of hydrogen-bond donors (Lipinski definition) is 1. The van der Waals surface area contributed by atoms with E-state index in [9.17, 15) is 9.59 Å². The largest absolute Gasteiger partial charge is 0.481 e. The van der Waals surface area contributed by atoms with Crippen LogP contribution in [0, 0.1) is 5.92 Å². The zero-order valence-electron chi connectivity index (χ0n) is 8.71. The molecule has 1 aliphatic carbocycles. The summed E-state index contributed by atoms with van der Waals surface area (Å²) in [7, 11) is 1.30. The van der Waals surface area contributed by atoms with E-state index in [-0.39, 0.29) is 11.8 Å². The molecule has 0 saturated heterocycles. The molecular weight excluding hydrogens is 210 g/mol. The van der Waals surface area contributed by atoms with Crippen molar-refractivity contribution in [1.82, 2.24) is 4.98 Å². The molecule has 1 aliphatic rings. The molecule has 1 fully saturated rings. The van der Waals surface area contributed by atoms with Gasteiger partial charge < -0.3 is 9.84 Å². The highest BCUT2D eigenvalue weighted by molar-refractivity contribution is 5.88. The number of nitrogens with zero attached hydrogens (tertiary/aromatic N) is 1. The van der Waals surface area contributed by atoms with Crippen LogP contribution in [-0.4, -0.2) is 29.1 Å². The third-order valence-corrected chi connectivity index (χ3v) is 2.69. The minimum absolute atomic E-state index is 0.0100. The van der Waals surface area contributed by atoms with Gasteiger partial charge in [-0.3, -0.25) is 9.78 Å². The van der Waals surface area contributed by atoms with Crippen molar-refractivity contribution in [3.63, 3.8) is 0 Å². The highest BCUT2D eigenvalue weighted by atomic mass is 16.5. The van der Waals surface area contributed by atoms with Crippen molar-refractivity contribution in [2.24, 2.45) is 5.92 Å². The zero-order chi connectivity index (χ0) is 11.7. The number of carbonyl (C=O) groups is 2. The quantitative estimate of drug-likeness (QED) is 0.772. The second kappa shape index (κ2) is 3.92. The molecule has 1 aromatic rings. The van der Waals surface area contributed by atoms with E-state index in [1.54, 1.807) is 12.1 Å². The van der Waals surface area contributed by atoms with Gasteiger partial charge in [0.1, 0.15) is 0 Å². The Morgan fingerprint density at radius 1 is 1.50 bits per heavy atom. The maximum absolute atomic E-state index is 11.1. The predicted octanol–water partition coefficient (Wildman–Crippen LogP) is 1.06. The fourth-order valence-corrected chi connectivity index (χ4v) is 1.66. The van der Waals surface area contributed by atoms with E-state index in [1.807, 2.05) is 0 Å². The maximum atomic E-state index is 11.1. The number of rotatable bonds is 3. The summed E-state index contributed by atoms with van der Waals surface area (Å²) in [5, 5.41) is 8.76. The summed E-state index contributed by atoms with van der Waals surface area (Å²) in [5.74, 6) is -1.56. The fraction of sp³-hybridized carbons (Fsp3) is 0.364. The van der Waals surface area contributed by atoms with Crippen molar-refractivity contribution >= 4 is 11.9 Å². The average molecular weight is 221 g/mol. The minimum Gasteiger partial charge on any atom is -0.481 e. The number of methoxy groups -OCH3 is 1. The number of hydrogen-bond acceptors (Lipinski definition) is 4. The van der Waals surface area contributed by atoms with Crippen LogP contribution < -0.4 is 0 Å². The number of ether oxygens (including phenoxy) is 1. The first-order valence-corrected chi connectivity index (χ1v) is 4.90. The Kier molecular flexibility index (Phi) is 2.60. The summed E-state index contributed by atoms with van der Waals surface area (Å²) in [5.41, 5.74) is 1.10. The highest BCUT2D eigenvalue weighted by Crippen LogP contribution is 2.46. The Morgan fingerprint density at radius 3 is 2.69 bits per heavy atom. The third-order valence-electron chi connectivity index (χ3n) is 2.69. The van der Waals surface area contributed by atoms with Gasteiger partial charge in [0, 0.05) is 17.8 Å². The van der Waals surface area contributed by atoms with Gasteiger partial charge in [-0.1, -0.05) is 0 Å². The summed E-state index contributed by atoms with van der Waals surface area (Å²) in [6.45, 7) is 0. The fourth-order valence-electron chi connectivity index (χ4n) is 1.66. The Morgan fingerprint density at radius 2 is 2.25 bits per heavy atom. The summed E-state index contributed by atoms with van der Waals surface area (Å²) in [6, 6.07) is 3.28. The predicted molar refractivity (Wildman–Crippen MR) is 54.1 cm³/mol. The van der Waals surface area contributed by atoms with Crippen LogP contribution in [0.25, 0.3) is 0 Å². The van der Waals surface area contributed by atoms with Gasteiger partial charge in [-0.25, -0.2) is 4.79 Å². The van der Waals surface area contributed by atoms with E-state index < -0.39 is 11.9 Å². The molecule has 2 atom stereocenters. The van der Waals surface area contributed by atoms with E-state index in [1.165, 1.54) is 13.3 Å². The monoisotopic (exact) mass is 221 g/mol. The number of carbonyl (C=O) groups excluding carboxylic acids is 1. The zero-order valence-corrected chi connectivity index (χ0v) is 8.71. The summed E-state index contributed by atoms with van der Waals surface area (Å²) in [4.78, 5) is 25.9. The van der Waals surface area contributed by atoms with Crippen LogP contribution in [-0.2, 0) is 9.53 Å². The Bertz CT molecular complexity index is 426. The van der Waals surface area contributed by atoms with Crippen molar-refractivity contribution in [1.29, 1.82) is 0 Å². The normalized spacial score (nSPS) is 22.6. The molecule has 0 amide bonds. The van der Waals surface area contributed by atoms with Gasteiger partial charge >= 0.3 is 11.9 Å². The van der Waals surface area contributed by atoms with Crippen LogP contribution in [0.15, 0.2) is 18.3 Å². The summed E-state index contributed by atoms with van der Waals surface area (Å²) >= 11 is 0. The lowest BCUT2D eigenvalue weighted by molar-refractivity contribution is -0.138. The van der Waals surface area contributed by atoms with Crippen LogP contribution in [0.4, 0.5) is 0 Å². The van der Waals surface area contributed by atoms with Gasteiger partial charge in [0.25, 0.3) is 0 Å². The van der Waals surface area contributed by atoms with Gasteiger partial charge in [-0.15, -0.1) is 0 Å². The second-order valence-electron chi connectivity index (χ2n) is 3.75. The first kappa shape index (κ1) is 10.6. The molecule has 1 saturated carbocycles. The molecule has 5 heteroatoms. The number of aliphatic carboxylic acids is 1. The molecule has 2 rings (SSSR count). The molecule has 1 heterocycles. The average Bonchev–Trinajstić information content (AvgIpc) is 3.08. The number of esters is 1. The van der Waals surface area contributed by atoms with E-state index in [2.05, 4.69) is 9.72 Å². The van der Waals surface area contributed by atoms with Crippen LogP contribution in [0.2, 0.25) is 0 Å². The maximum Gasteiger partial charge on any atom is 0.339 e. The van der Waals surface area contributed by atoms with E-state index >= 15 is 0 Å². The number of carboxylic acid groups (broad SMARTS) is 1. The smallest absolute Gasteiger partial charge is 0.339 e. The lowest BCUT2D eigenvalue weighted by atomic mass is 10.2. The van der Waals surface area contributed by atoms with E-state index in [0.717, 1.165) is 5.69 Å². The van der Waals surface area contributed by atoms with Crippen LogP contribution in [0.5, 0.6) is 0 Å². The van der Waals surface area contributed by atoms with Crippen LogP contribution >= 0.6 is 0 Å². The molecule has 0 bridgehead atoms. The standard InChI is InChI=1S/C11H11NO4/c1-16-11(15)6-2-3-9(12-5-6)7-4-8(7)10(13)14/h2-3,5,7-8H,4H2,1H3,(H,13,14)/t7-,8-/m1/s1. The van der Waals surface area contributed by atoms with Crippen molar-refractivity contribution in [3.05, 3.63) is 29.6 Å². The molecule has 0 aliphatic heterocycles. The van der Waals surface area contributed by atoms with Gasteiger partial charge in [0.2, 0.25) is 0 Å². The first-order chi connectivity index (χ1) is 7.63. The molecule has 1 N–H and O–H groups in total. The van der Waals surface area contributed by atoms with Gasteiger partial charge in [-0.2, -0.15) is 0 Å². The Labute approximate surface area is 92.1 Å². The molecule has 0 aromatic carbocycles. The molecule has 0 unspecified atom stereocenters. The SMILES string of the molecule is COC(=O)c1ccc([C@@H]2C[C@H]2C(=O)O)nc1. The first-order valence-electron chi connectivity index (χ1n) is 4.90. The molecule has 5 nitrogen and oxygen atoms in total. The number of pyridine rings is 1. The van der Waals surface area contributed by atoms with Crippen molar-refractivity contribution in [2.45, 2.75) is 12.3 Å². The summed E-state index contributed by atoms with van der Waals surface area (Å²) in [6.07, 6.45) is 2.04. The molecule has 1 aromatic heterocycles. The number of aromatic nitrogens is 1. The van der Waals surface area contributed by atoms with E-state index in [4.69, 9.17) is 5.11 Å². The van der Waals surface area contributed by atoms with Gasteiger partial charge in [0.05, 0.1) is 18.6 Å². The lowest BCUT2D eigenvalue weighted by Gasteiger charge is -2.00. The van der Waals surface area contributed by atoms with Crippen LogP contribution in [0.3, 0.4) is 0 Å². The van der Waals surface area contributed by atoms with Crippen LogP contribution in [0.1, 0.15) is 28.4 Å². The van der Waals surface area contributed by atoms with Crippen molar-refractivity contribution in [3.8, 4) is 0 Å². The van der Waals surface area contributed by atoms with Crippen molar-refractivity contribution < 1.29 is 19.4 Å². The van der Waals surface area contributed by atoms with Gasteiger partial charge in [-0.05, 0) is 18.6 Å². The van der Waals surface area contributed by atoms with Crippen molar-refractivity contribution in [2.75, 3.05) is 7.11 Å². The van der Waals surface area contributed by atoms with E-state index in [0.29, 0.717) is 12.0 Å². The molecule has 0 radical (unpaired) electrons. The topological polar surface area (TPSA) is 76.5 Å². The number of carboxylic acids is 1. The Balaban J connectivity index is 2.09. The lowest BCUT2D eigenvalue weighted by Crippen LogP contribution is -2.03. The van der Waals surface area contributed by atoms with Gasteiger partial charge in [0.15, 0.2) is 0 Å². The molecule has 84 valence electrons. The highest BCUT2D eigenvalue weighted by Gasteiger charge is 2.45. The Hall–Kier alpha value is -1.91. The third kappa shape index (κ3) is 1.88. The minimum atomic E-state index is -0.788. The second-order valence-corrected chi connectivity index (χ2v) is 3.75. The molecule has 16 heavy (non-hydrogen) atoms. The molecular formula is C11H11NO4. The molecule has 0 spiro atoms. The summed E-state index contributed by atoms with van der Waals surface area (Å²) < 4.78 is 4.54.